The molecule has 0 radical (unpaired) electrons. The number of rotatable bonds is 4. The quantitative estimate of drug-likeness (QED) is 0.833. The van der Waals surface area contributed by atoms with Crippen molar-refractivity contribution in [2.45, 2.75) is 38.9 Å². The zero-order chi connectivity index (χ0) is 14.1. The largest absolute Gasteiger partial charge is 0.491 e. The first-order valence-electron chi connectivity index (χ1n) is 5.58. The lowest BCUT2D eigenvalue weighted by Crippen LogP contribution is -2.53. The summed E-state index contributed by atoms with van der Waals surface area (Å²) < 4.78 is 19.1. The van der Waals surface area contributed by atoms with Crippen LogP contribution in [0.25, 0.3) is 0 Å². The summed E-state index contributed by atoms with van der Waals surface area (Å²) in [5, 5.41) is 19.8. The van der Waals surface area contributed by atoms with Gasteiger partial charge in [0.2, 0.25) is 0 Å². The maximum Gasteiger partial charge on any atom is 0.491 e. The van der Waals surface area contributed by atoms with Crippen LogP contribution in [0.5, 0.6) is 0 Å². The summed E-state index contributed by atoms with van der Waals surface area (Å²) in [6.07, 6.45) is 0. The van der Waals surface area contributed by atoms with Crippen LogP contribution in [-0.4, -0.2) is 28.5 Å². The van der Waals surface area contributed by atoms with Crippen LogP contribution in [0, 0.1) is 5.82 Å². The Morgan fingerprint density at radius 2 is 1.83 bits per heavy atom. The van der Waals surface area contributed by atoms with E-state index in [0.717, 1.165) is 0 Å². The Kier molecular flexibility index (Phi) is 4.59. The van der Waals surface area contributed by atoms with E-state index in [1.807, 2.05) is 0 Å². The van der Waals surface area contributed by atoms with Crippen molar-refractivity contribution in [2.24, 2.45) is 0 Å². The summed E-state index contributed by atoms with van der Waals surface area (Å²) in [5.41, 5.74) is -1.81. The molecule has 0 unspecified atom stereocenters. The van der Waals surface area contributed by atoms with Crippen LogP contribution >= 0.6 is 15.9 Å². The minimum Gasteiger partial charge on any atom is -0.423 e. The molecule has 0 saturated carbocycles. The van der Waals surface area contributed by atoms with Crippen molar-refractivity contribution in [3.63, 3.8) is 0 Å². The molecule has 3 nitrogen and oxygen atoms in total. The van der Waals surface area contributed by atoms with Crippen LogP contribution in [0.3, 0.4) is 0 Å². The maximum atomic E-state index is 13.3. The fraction of sp³-hybridized carbons (Fsp3) is 0.500. The molecule has 1 rings (SSSR count). The van der Waals surface area contributed by atoms with Crippen LogP contribution in [0.2, 0.25) is 0 Å². The minimum absolute atomic E-state index is 0.299. The van der Waals surface area contributed by atoms with Gasteiger partial charge in [-0.25, -0.2) is 4.39 Å². The Morgan fingerprint density at radius 1 is 1.28 bits per heavy atom. The summed E-state index contributed by atoms with van der Waals surface area (Å²) in [6, 6.07) is 4.24. The predicted octanol–water partition coefficient (Wildman–Crippen LogP) is 1.84. The van der Waals surface area contributed by atoms with E-state index in [9.17, 15) is 14.5 Å². The molecule has 0 heterocycles. The van der Waals surface area contributed by atoms with Crippen LogP contribution in [0.15, 0.2) is 22.7 Å². The average molecular weight is 319 g/mol. The number of benzene rings is 1. The Morgan fingerprint density at radius 3 is 2.28 bits per heavy atom. The monoisotopic (exact) mass is 318 g/mol. The molecule has 2 N–H and O–H groups in total. The second-order valence-corrected chi connectivity index (χ2v) is 6.07. The van der Waals surface area contributed by atoms with Gasteiger partial charge in [-0.2, -0.15) is 0 Å². The Labute approximate surface area is 115 Å². The van der Waals surface area contributed by atoms with E-state index in [1.54, 1.807) is 33.8 Å². The highest BCUT2D eigenvalue weighted by molar-refractivity contribution is 9.10. The van der Waals surface area contributed by atoms with E-state index in [-0.39, 0.29) is 0 Å². The van der Waals surface area contributed by atoms with Crippen molar-refractivity contribution in [1.82, 2.24) is 0 Å². The molecule has 0 aromatic heterocycles. The fourth-order valence-corrected chi connectivity index (χ4v) is 1.40. The van der Waals surface area contributed by atoms with Gasteiger partial charge in [-0.3, -0.25) is 0 Å². The number of hydrogen-bond donors (Lipinski definition) is 2. The van der Waals surface area contributed by atoms with Gasteiger partial charge in [0.1, 0.15) is 5.82 Å². The predicted molar refractivity (Wildman–Crippen MR) is 73.2 cm³/mol. The van der Waals surface area contributed by atoms with Gasteiger partial charge in [0.15, 0.2) is 0 Å². The van der Waals surface area contributed by atoms with Crippen molar-refractivity contribution in [3.05, 3.63) is 28.5 Å². The molecular weight excluding hydrogens is 302 g/mol. The molecule has 0 aliphatic carbocycles. The summed E-state index contributed by atoms with van der Waals surface area (Å²) >= 11 is 3.03. The van der Waals surface area contributed by atoms with E-state index in [1.165, 1.54) is 12.1 Å². The topological polar surface area (TPSA) is 49.7 Å². The SMILES string of the molecule is CC(C)(O)C(C)(C)OB(O)c1ccc(Br)c(F)c1. The van der Waals surface area contributed by atoms with Crippen LogP contribution in [-0.2, 0) is 4.65 Å². The summed E-state index contributed by atoms with van der Waals surface area (Å²) in [6.45, 7) is 6.49. The smallest absolute Gasteiger partial charge is 0.423 e. The van der Waals surface area contributed by atoms with Crippen molar-refractivity contribution >= 4 is 28.5 Å². The third-order valence-corrected chi connectivity index (χ3v) is 3.75. The summed E-state index contributed by atoms with van der Waals surface area (Å²) in [7, 11) is -1.30. The first-order chi connectivity index (χ1) is 8.04. The Balaban J connectivity index is 2.89. The van der Waals surface area contributed by atoms with Crippen molar-refractivity contribution in [3.8, 4) is 0 Å². The molecule has 0 atom stereocenters. The van der Waals surface area contributed by atoms with E-state index < -0.39 is 24.1 Å². The highest BCUT2D eigenvalue weighted by Crippen LogP contribution is 2.25. The second-order valence-electron chi connectivity index (χ2n) is 5.21. The van der Waals surface area contributed by atoms with E-state index in [0.29, 0.717) is 9.94 Å². The normalized spacial score (nSPS) is 12.7. The van der Waals surface area contributed by atoms with Gasteiger partial charge in [0, 0.05) is 0 Å². The molecule has 0 aliphatic heterocycles. The zero-order valence-electron chi connectivity index (χ0n) is 10.9. The van der Waals surface area contributed by atoms with Crippen molar-refractivity contribution < 1.29 is 19.2 Å². The fourth-order valence-electron chi connectivity index (χ4n) is 1.16. The molecule has 0 fully saturated rings. The molecule has 0 saturated heterocycles. The number of aliphatic hydroxyl groups is 1. The molecule has 18 heavy (non-hydrogen) atoms. The molecule has 100 valence electrons. The molecule has 0 aliphatic rings. The second kappa shape index (κ2) is 5.29. The Bertz CT molecular complexity index is 432. The van der Waals surface area contributed by atoms with E-state index in [4.69, 9.17) is 4.65 Å². The van der Waals surface area contributed by atoms with Crippen molar-refractivity contribution in [2.75, 3.05) is 0 Å². The standard InChI is InChI=1S/C12H17BBrFO3/c1-11(2,16)12(3,4)18-13(17)8-5-6-9(14)10(15)7-8/h5-7,16-17H,1-4H3. The van der Waals surface area contributed by atoms with Gasteiger partial charge >= 0.3 is 7.12 Å². The Hall–Kier alpha value is -0.425. The van der Waals surface area contributed by atoms with E-state index >= 15 is 0 Å². The first-order valence-corrected chi connectivity index (χ1v) is 6.37. The van der Waals surface area contributed by atoms with Gasteiger partial charge in [0.05, 0.1) is 15.7 Å². The van der Waals surface area contributed by atoms with Crippen LogP contribution in [0.1, 0.15) is 27.7 Å². The lowest BCUT2D eigenvalue weighted by Gasteiger charge is -2.38. The van der Waals surface area contributed by atoms with Gasteiger partial charge in [0.25, 0.3) is 0 Å². The first kappa shape index (κ1) is 15.6. The van der Waals surface area contributed by atoms with Gasteiger partial charge < -0.3 is 14.8 Å². The number of halogens is 2. The maximum absolute atomic E-state index is 13.3. The highest BCUT2D eigenvalue weighted by atomic mass is 79.9. The minimum atomic E-state index is -1.30. The zero-order valence-corrected chi connectivity index (χ0v) is 12.5. The average Bonchev–Trinajstić information content (AvgIpc) is 2.19. The summed E-state index contributed by atoms with van der Waals surface area (Å²) in [5.74, 6) is -0.476. The molecule has 0 bridgehead atoms. The molecular formula is C12H17BBrFO3. The lowest BCUT2D eigenvalue weighted by molar-refractivity contribution is -0.0982. The summed E-state index contributed by atoms with van der Waals surface area (Å²) in [4.78, 5) is 0. The molecule has 1 aromatic rings. The molecule has 6 heteroatoms. The van der Waals surface area contributed by atoms with Gasteiger partial charge in [-0.05, 0) is 61.2 Å². The molecule has 1 aromatic carbocycles. The third kappa shape index (κ3) is 3.54. The number of hydrogen-bond acceptors (Lipinski definition) is 3. The third-order valence-electron chi connectivity index (χ3n) is 3.11. The molecule has 0 spiro atoms. The van der Waals surface area contributed by atoms with Crippen LogP contribution < -0.4 is 5.46 Å². The van der Waals surface area contributed by atoms with Gasteiger partial charge in [-0.15, -0.1) is 0 Å². The van der Waals surface area contributed by atoms with Gasteiger partial charge in [-0.1, -0.05) is 6.07 Å². The van der Waals surface area contributed by atoms with Crippen molar-refractivity contribution in [1.29, 1.82) is 0 Å². The van der Waals surface area contributed by atoms with Crippen LogP contribution in [0.4, 0.5) is 4.39 Å². The van der Waals surface area contributed by atoms with E-state index in [2.05, 4.69) is 15.9 Å². The molecule has 0 amide bonds. The highest BCUT2D eigenvalue weighted by Gasteiger charge is 2.39. The lowest BCUT2D eigenvalue weighted by atomic mass is 9.76.